The van der Waals surface area contributed by atoms with Crippen LogP contribution in [-0.2, 0) is 13.9 Å². The van der Waals surface area contributed by atoms with E-state index in [1.54, 1.807) is 0 Å². The zero-order valence-corrected chi connectivity index (χ0v) is 35.5. The fraction of sp³-hybridized carbons (Fsp3) is 0.0690. The Bertz CT molecular complexity index is 3310. The molecule has 0 amide bonds. The SMILES string of the molecule is Cc1ccc(I(=O)(c2ccc3c(c2)C2(c4ccccc4-c4ccccc42)c2ccccc2-3)c2ccc3c(c2)C2(c4ccccc4-c4ccc(C)cc42)c2ccccc2-3)cc1. The van der Waals surface area contributed by atoms with Crippen molar-refractivity contribution in [3.05, 3.63) is 267 Å². The van der Waals surface area contributed by atoms with Crippen molar-refractivity contribution in [3.8, 4) is 44.5 Å². The normalized spacial score (nSPS) is 17.8. The van der Waals surface area contributed by atoms with Crippen LogP contribution in [0.4, 0.5) is 0 Å². The Balaban J connectivity index is 1.11. The summed E-state index contributed by atoms with van der Waals surface area (Å²) in [6.45, 7) is 4.31. The summed E-state index contributed by atoms with van der Waals surface area (Å²) in [6, 6.07) is 73.8. The molecule has 4 aliphatic rings. The number of fused-ring (bicyclic) bond motifs is 20. The van der Waals surface area contributed by atoms with E-state index in [1.807, 2.05) is 0 Å². The minimum absolute atomic E-state index is 0.525. The molecule has 0 bridgehead atoms. The van der Waals surface area contributed by atoms with Crippen molar-refractivity contribution < 1.29 is 3.07 Å². The number of hydrogen-bond donors (Lipinski definition) is 0. The van der Waals surface area contributed by atoms with Gasteiger partial charge in [0.05, 0.1) is 0 Å². The van der Waals surface area contributed by atoms with Crippen LogP contribution >= 0.6 is 18.4 Å². The van der Waals surface area contributed by atoms with E-state index >= 15 is 3.07 Å². The van der Waals surface area contributed by atoms with E-state index in [1.165, 1.54) is 94.6 Å². The topological polar surface area (TPSA) is 17.1 Å². The molecule has 0 saturated heterocycles. The van der Waals surface area contributed by atoms with E-state index in [-0.39, 0.29) is 0 Å². The van der Waals surface area contributed by atoms with E-state index < -0.39 is 29.3 Å². The first-order valence-electron chi connectivity index (χ1n) is 20.9. The molecule has 2 unspecified atom stereocenters. The summed E-state index contributed by atoms with van der Waals surface area (Å²) in [4.78, 5) is 0. The van der Waals surface area contributed by atoms with Crippen LogP contribution in [0.15, 0.2) is 200 Å². The van der Waals surface area contributed by atoms with E-state index in [4.69, 9.17) is 0 Å². The molecule has 60 heavy (non-hydrogen) atoms. The Kier molecular flexibility index (Phi) is 6.91. The maximum atomic E-state index is 17.2. The summed E-state index contributed by atoms with van der Waals surface area (Å²) < 4.78 is 19.9. The molecule has 2 heteroatoms. The predicted molar refractivity (Wildman–Crippen MR) is 252 cm³/mol. The van der Waals surface area contributed by atoms with E-state index in [9.17, 15) is 0 Å². The molecule has 0 fully saturated rings. The molecule has 0 aromatic heterocycles. The summed E-state index contributed by atoms with van der Waals surface area (Å²) in [5.74, 6) is 0. The summed E-state index contributed by atoms with van der Waals surface area (Å²) in [5, 5.41) is 0. The number of rotatable bonds is 3. The van der Waals surface area contributed by atoms with Crippen LogP contribution in [0, 0.1) is 24.6 Å². The first-order chi connectivity index (χ1) is 29.4. The van der Waals surface area contributed by atoms with Crippen molar-refractivity contribution in [2.75, 3.05) is 0 Å². The van der Waals surface area contributed by atoms with E-state index in [2.05, 4.69) is 214 Å². The van der Waals surface area contributed by atoms with Gasteiger partial charge in [0, 0.05) is 0 Å². The van der Waals surface area contributed by atoms with Gasteiger partial charge in [-0.3, -0.25) is 0 Å². The van der Waals surface area contributed by atoms with E-state index in [0.29, 0.717) is 0 Å². The van der Waals surface area contributed by atoms with Gasteiger partial charge in [0.15, 0.2) is 0 Å². The van der Waals surface area contributed by atoms with Crippen LogP contribution in [0.2, 0.25) is 0 Å². The van der Waals surface area contributed by atoms with Gasteiger partial charge in [0.1, 0.15) is 0 Å². The van der Waals surface area contributed by atoms with Gasteiger partial charge < -0.3 is 0 Å². The zero-order valence-electron chi connectivity index (χ0n) is 33.3. The molecule has 0 heterocycles. The standard InChI is InChI=1S/C58H39IO/c1-36-23-26-38(27-24-36)59(60,39-28-31-47-44-16-5-10-20-51(44)57(55(47)34-39)49-18-8-3-13-41(49)42-14-4-9-19-50(42)57)40-29-32-48-45-17-7-12-22-53(45)58(56(48)35-40)52-21-11-6-15-43(52)46-30-25-37(2)33-54(46)58/h3-35H,1-2H3. The second kappa shape index (κ2) is 12.1. The van der Waals surface area contributed by atoms with Crippen molar-refractivity contribution in [1.82, 2.24) is 0 Å². The fourth-order valence-electron chi connectivity index (χ4n) is 11.7. The molecule has 0 saturated carbocycles. The van der Waals surface area contributed by atoms with Gasteiger partial charge >= 0.3 is 357 Å². The molecule has 2 atom stereocenters. The number of halogens is 1. The Morgan fingerprint density at radius 1 is 0.283 bits per heavy atom. The first kappa shape index (κ1) is 34.4. The second-order valence-corrected chi connectivity index (χ2v) is 23.6. The molecule has 9 aromatic rings. The molecule has 284 valence electrons. The summed E-state index contributed by atoms with van der Waals surface area (Å²) in [7, 11) is 0. The zero-order chi connectivity index (χ0) is 40.0. The molecular weight excluding hydrogens is 840 g/mol. The third-order valence-corrected chi connectivity index (χ3v) is 21.4. The van der Waals surface area contributed by atoms with E-state index in [0.717, 1.165) is 16.3 Å². The molecule has 13 rings (SSSR count). The fourth-order valence-corrected chi connectivity index (χ4v) is 18.1. The quantitative estimate of drug-likeness (QED) is 0.162. The summed E-state index contributed by atoms with van der Waals surface area (Å²) in [5.41, 5.74) is 21.5. The summed E-state index contributed by atoms with van der Waals surface area (Å²) >= 11 is -4.61. The Hall–Kier alpha value is -6.49. The Morgan fingerprint density at radius 2 is 0.567 bits per heavy atom. The molecular formula is C58H39IO. The van der Waals surface area contributed by atoms with Gasteiger partial charge in [0.25, 0.3) is 0 Å². The van der Waals surface area contributed by atoms with Crippen LogP contribution in [0.1, 0.15) is 55.6 Å². The second-order valence-electron chi connectivity index (χ2n) is 17.0. The van der Waals surface area contributed by atoms with Crippen LogP contribution in [0.5, 0.6) is 0 Å². The maximum absolute atomic E-state index is 17.2. The van der Waals surface area contributed by atoms with Crippen molar-refractivity contribution in [1.29, 1.82) is 0 Å². The van der Waals surface area contributed by atoms with Crippen molar-refractivity contribution in [2.45, 2.75) is 24.7 Å². The monoisotopic (exact) mass is 878 g/mol. The first-order valence-corrected chi connectivity index (χ1v) is 25.0. The third-order valence-electron chi connectivity index (χ3n) is 14.1. The molecule has 0 radical (unpaired) electrons. The minimum atomic E-state index is -4.61. The van der Waals surface area contributed by atoms with Crippen molar-refractivity contribution >= 4 is 18.4 Å². The van der Waals surface area contributed by atoms with Crippen LogP contribution in [-0.4, -0.2) is 0 Å². The van der Waals surface area contributed by atoms with Gasteiger partial charge in [-0.2, -0.15) is 0 Å². The average molecular weight is 879 g/mol. The molecule has 0 N–H and O–H groups in total. The molecule has 4 aliphatic carbocycles. The third kappa shape index (κ3) is 4.08. The predicted octanol–water partition coefficient (Wildman–Crippen LogP) is 14.3. The Morgan fingerprint density at radius 3 is 0.967 bits per heavy atom. The molecule has 2 spiro atoms. The van der Waals surface area contributed by atoms with Crippen molar-refractivity contribution in [3.63, 3.8) is 0 Å². The van der Waals surface area contributed by atoms with Crippen LogP contribution in [0.3, 0.4) is 0 Å². The number of hydrogen-bond acceptors (Lipinski definition) is 1. The van der Waals surface area contributed by atoms with Crippen LogP contribution < -0.4 is 0 Å². The van der Waals surface area contributed by atoms with Gasteiger partial charge in [-0.25, -0.2) is 0 Å². The molecule has 9 aromatic carbocycles. The van der Waals surface area contributed by atoms with Crippen molar-refractivity contribution in [2.24, 2.45) is 0 Å². The Labute approximate surface area is 355 Å². The van der Waals surface area contributed by atoms with Gasteiger partial charge in [-0.15, -0.1) is 0 Å². The van der Waals surface area contributed by atoms with Gasteiger partial charge in [-0.1, -0.05) is 0 Å². The van der Waals surface area contributed by atoms with Gasteiger partial charge in [0.2, 0.25) is 0 Å². The average Bonchev–Trinajstić information content (AvgIpc) is 3.97. The number of benzene rings is 9. The molecule has 1 nitrogen and oxygen atoms in total. The molecule has 0 aliphatic heterocycles. The summed E-state index contributed by atoms with van der Waals surface area (Å²) in [6.07, 6.45) is 0. The van der Waals surface area contributed by atoms with Crippen LogP contribution in [0.25, 0.3) is 44.5 Å². The number of aryl methyl sites for hydroxylation is 2. The van der Waals surface area contributed by atoms with Gasteiger partial charge in [-0.05, 0) is 0 Å².